The number of hydrogen-bond donors (Lipinski definition) is 1. The van der Waals surface area contributed by atoms with Crippen LogP contribution in [-0.4, -0.2) is 22.3 Å². The molecule has 0 aliphatic rings. The van der Waals surface area contributed by atoms with Gasteiger partial charge in [-0.1, -0.05) is 30.3 Å². The molecule has 12 heavy (non-hydrogen) atoms. The van der Waals surface area contributed by atoms with Gasteiger partial charge in [0.15, 0.2) is 5.78 Å². The monoisotopic (exact) mass is 175 g/mol. The molecular formula is C9H10AlNO. The van der Waals surface area contributed by atoms with E-state index in [1.54, 1.807) is 24.4 Å². The molecule has 1 rings (SSSR count). The highest BCUT2D eigenvalue weighted by atomic mass is 27.1. The fraction of sp³-hybridized carbons (Fsp3) is 0. The molecule has 0 spiro atoms. The Bertz CT molecular complexity index is 282. The van der Waals surface area contributed by atoms with Crippen LogP contribution in [0.3, 0.4) is 0 Å². The lowest BCUT2D eigenvalue weighted by Crippen LogP contribution is -1.99. The minimum Gasteiger partial charge on any atom is -0.488 e. The predicted molar refractivity (Wildman–Crippen MR) is 51.6 cm³/mol. The summed E-state index contributed by atoms with van der Waals surface area (Å²) in [6, 6.07) is 9.22. The number of benzene rings is 1. The van der Waals surface area contributed by atoms with Crippen molar-refractivity contribution in [1.82, 2.24) is 4.30 Å². The van der Waals surface area contributed by atoms with Crippen LogP contribution >= 0.6 is 0 Å². The Hall–Kier alpha value is -1.04. The van der Waals surface area contributed by atoms with Crippen molar-refractivity contribution in [1.29, 1.82) is 0 Å². The van der Waals surface area contributed by atoms with Gasteiger partial charge in [0.1, 0.15) is 0 Å². The van der Waals surface area contributed by atoms with Crippen molar-refractivity contribution < 1.29 is 4.79 Å². The Kier molecular flexibility index (Phi) is 3.59. The normalized spacial score (nSPS) is 10.0. The van der Waals surface area contributed by atoms with E-state index in [1.165, 1.54) is 0 Å². The second-order valence-electron chi connectivity index (χ2n) is 2.35. The van der Waals surface area contributed by atoms with E-state index in [0.29, 0.717) is 0 Å². The molecule has 0 saturated heterocycles. The minimum absolute atomic E-state index is 0.0407. The summed E-state index contributed by atoms with van der Waals surface area (Å²) in [7, 11) is 0. The molecule has 3 heteroatoms. The first-order chi connectivity index (χ1) is 5.84. The molecule has 0 atom stereocenters. The fourth-order valence-corrected chi connectivity index (χ4v) is 1.02. The molecular weight excluding hydrogens is 165 g/mol. The second kappa shape index (κ2) is 4.76. The zero-order chi connectivity index (χ0) is 8.81. The van der Waals surface area contributed by atoms with Gasteiger partial charge < -0.3 is 4.30 Å². The molecule has 0 saturated carbocycles. The number of hydrogen-bond acceptors (Lipinski definition) is 2. The van der Waals surface area contributed by atoms with Crippen LogP contribution < -0.4 is 4.30 Å². The van der Waals surface area contributed by atoms with Crippen LogP contribution in [0.5, 0.6) is 0 Å². The predicted octanol–water partition coefficient (Wildman–Crippen LogP) is 0.521. The molecule has 2 nitrogen and oxygen atoms in total. The Morgan fingerprint density at radius 1 is 1.33 bits per heavy atom. The third-order valence-electron chi connectivity index (χ3n) is 1.46. The lowest BCUT2D eigenvalue weighted by molar-refractivity contribution is 0.104. The van der Waals surface area contributed by atoms with Crippen LogP contribution in [0.1, 0.15) is 10.4 Å². The van der Waals surface area contributed by atoms with E-state index in [4.69, 9.17) is 0 Å². The van der Waals surface area contributed by atoms with E-state index in [-0.39, 0.29) is 5.78 Å². The number of nitrogens with one attached hydrogen (secondary N) is 1. The summed E-state index contributed by atoms with van der Waals surface area (Å²) in [6.07, 6.45) is 3.23. The zero-order valence-electron chi connectivity index (χ0n) is 6.95. The highest BCUT2D eigenvalue weighted by Crippen LogP contribution is 1.99. The van der Waals surface area contributed by atoms with Crippen molar-refractivity contribution in [2.45, 2.75) is 0 Å². The van der Waals surface area contributed by atoms with Crippen molar-refractivity contribution in [3.8, 4) is 0 Å². The molecule has 0 aliphatic carbocycles. The van der Waals surface area contributed by atoms with E-state index < -0.39 is 0 Å². The molecule has 0 bridgehead atoms. The Morgan fingerprint density at radius 2 is 2.00 bits per heavy atom. The van der Waals surface area contributed by atoms with Gasteiger partial charge in [-0.2, -0.15) is 0 Å². The van der Waals surface area contributed by atoms with E-state index in [2.05, 4.69) is 4.30 Å². The van der Waals surface area contributed by atoms with Gasteiger partial charge in [0, 0.05) is 5.56 Å². The molecule has 0 unspecified atom stereocenters. The number of rotatable bonds is 3. The average Bonchev–Trinajstić information content (AvgIpc) is 2.15. The number of carbonyl (C=O) groups excluding carboxylic acids is 1. The molecule has 1 aromatic rings. The van der Waals surface area contributed by atoms with Crippen LogP contribution in [0.25, 0.3) is 0 Å². The number of ketones is 1. The van der Waals surface area contributed by atoms with Gasteiger partial charge in [-0.05, 0) is 12.3 Å². The maximum Gasteiger partial charge on any atom is 0.360 e. The van der Waals surface area contributed by atoms with Crippen LogP contribution in [0, 0.1) is 0 Å². The van der Waals surface area contributed by atoms with E-state index in [0.717, 1.165) is 22.1 Å². The van der Waals surface area contributed by atoms with Crippen LogP contribution in [-0.2, 0) is 0 Å². The van der Waals surface area contributed by atoms with Crippen molar-refractivity contribution in [2.24, 2.45) is 0 Å². The highest BCUT2D eigenvalue weighted by Gasteiger charge is 1.97. The van der Waals surface area contributed by atoms with Crippen LogP contribution in [0.4, 0.5) is 0 Å². The van der Waals surface area contributed by atoms with Crippen LogP contribution in [0.2, 0.25) is 0 Å². The molecule has 1 aromatic carbocycles. The van der Waals surface area contributed by atoms with Gasteiger partial charge in [-0.15, -0.1) is 0 Å². The summed E-state index contributed by atoms with van der Waals surface area (Å²) in [5.74, 6) is 0.0407. The van der Waals surface area contributed by atoms with Crippen molar-refractivity contribution >= 4 is 22.3 Å². The molecule has 0 amide bonds. The van der Waals surface area contributed by atoms with Crippen molar-refractivity contribution in [2.75, 3.05) is 0 Å². The van der Waals surface area contributed by atoms with E-state index in [9.17, 15) is 4.79 Å². The van der Waals surface area contributed by atoms with Gasteiger partial charge in [-0.3, -0.25) is 4.79 Å². The molecule has 0 aromatic heterocycles. The fourth-order valence-electron chi connectivity index (χ4n) is 0.858. The van der Waals surface area contributed by atoms with Crippen LogP contribution in [0.15, 0.2) is 42.6 Å². The summed E-state index contributed by atoms with van der Waals surface area (Å²) in [4.78, 5) is 11.3. The number of allylic oxidation sites excluding steroid dienone is 1. The summed E-state index contributed by atoms with van der Waals surface area (Å²) < 4.78 is 2.91. The molecule has 0 fully saturated rings. The average molecular weight is 175 g/mol. The quantitative estimate of drug-likeness (QED) is 0.412. The maximum absolute atomic E-state index is 11.3. The van der Waals surface area contributed by atoms with Gasteiger partial charge in [-0.25, -0.2) is 0 Å². The topological polar surface area (TPSA) is 29.1 Å². The standard InChI is InChI=1S/C9H9NO.Al.2H/c10-7-6-9(11)8-4-2-1-3-5-8;;;/h1-7H,(H2,10,11);;;/q;+1;;/p-1. The van der Waals surface area contributed by atoms with Gasteiger partial charge >= 0.3 is 16.5 Å². The molecule has 1 N–H and O–H groups in total. The summed E-state index contributed by atoms with van der Waals surface area (Å²) in [6.45, 7) is 0. The third-order valence-corrected chi connectivity index (χ3v) is 1.79. The van der Waals surface area contributed by atoms with Gasteiger partial charge in [0.2, 0.25) is 0 Å². The van der Waals surface area contributed by atoms with Gasteiger partial charge in [0.05, 0.1) is 0 Å². The summed E-state index contributed by atoms with van der Waals surface area (Å²) >= 11 is 0.868. The Labute approximate surface area is 79.9 Å². The second-order valence-corrected chi connectivity index (χ2v) is 2.93. The largest absolute Gasteiger partial charge is 0.488 e. The van der Waals surface area contributed by atoms with E-state index >= 15 is 0 Å². The summed E-state index contributed by atoms with van der Waals surface area (Å²) in [5, 5.41) is 0. The molecule has 0 heterocycles. The van der Waals surface area contributed by atoms with Crippen molar-refractivity contribution in [3.63, 3.8) is 0 Å². The van der Waals surface area contributed by atoms with Gasteiger partial charge in [0.25, 0.3) is 0 Å². The number of carbonyl (C=O) groups is 1. The first-order valence-electron chi connectivity index (χ1n) is 3.78. The molecule has 0 radical (unpaired) electrons. The third kappa shape index (κ3) is 2.54. The first-order valence-corrected chi connectivity index (χ1v) is 4.78. The summed E-state index contributed by atoms with van der Waals surface area (Å²) in [5.41, 5.74) is 0.727. The molecule has 60 valence electrons. The molecule has 0 aliphatic heterocycles. The lowest BCUT2D eigenvalue weighted by atomic mass is 10.1. The Balaban J connectivity index is 2.72. The maximum atomic E-state index is 11.3. The highest BCUT2D eigenvalue weighted by molar-refractivity contribution is 6.07. The Morgan fingerprint density at radius 3 is 2.58 bits per heavy atom. The minimum atomic E-state index is 0.0407. The van der Waals surface area contributed by atoms with Crippen molar-refractivity contribution in [3.05, 3.63) is 48.2 Å². The first kappa shape index (κ1) is 9.05. The van der Waals surface area contributed by atoms with E-state index in [1.807, 2.05) is 18.2 Å². The zero-order valence-corrected chi connectivity index (χ0v) is 8.95. The SMILES string of the molecule is O=C(/C=C\[NH][AlH2])c1ccccc1. The smallest absolute Gasteiger partial charge is 0.360 e. The lowest BCUT2D eigenvalue weighted by Gasteiger charge is -1.93.